The Bertz CT molecular complexity index is 270. The zero-order valence-electron chi connectivity index (χ0n) is 9.98. The van der Waals surface area contributed by atoms with Gasteiger partial charge in [-0.05, 0) is 12.8 Å². The quantitative estimate of drug-likeness (QED) is 0.377. The van der Waals surface area contributed by atoms with E-state index in [1.165, 1.54) is 18.9 Å². The maximum atomic E-state index is 11.8. The highest BCUT2D eigenvalue weighted by Gasteiger charge is 2.22. The minimum absolute atomic E-state index is 0.0819. The van der Waals surface area contributed by atoms with Gasteiger partial charge in [0.1, 0.15) is 5.25 Å². The Balaban J connectivity index is 2.34. The zero-order chi connectivity index (χ0) is 12.7. The molecule has 1 fully saturated rings. The number of carbonyl (C=O) groups excluding carboxylic acids is 2. The number of ether oxygens (including phenoxy) is 1. The number of rotatable bonds is 6. The van der Waals surface area contributed by atoms with Crippen LogP contribution in [-0.2, 0) is 14.3 Å². The van der Waals surface area contributed by atoms with Gasteiger partial charge in [-0.2, -0.15) is 0 Å². The second-order valence-corrected chi connectivity index (χ2v) is 5.04. The third-order valence-electron chi connectivity index (χ3n) is 2.62. The molecule has 1 atom stereocenters. The van der Waals surface area contributed by atoms with Gasteiger partial charge in [-0.15, -0.1) is 11.8 Å². The molecule has 17 heavy (non-hydrogen) atoms. The maximum absolute atomic E-state index is 11.8. The van der Waals surface area contributed by atoms with Gasteiger partial charge < -0.3 is 9.64 Å². The summed E-state index contributed by atoms with van der Waals surface area (Å²) in [6.45, 7) is 1.91. The summed E-state index contributed by atoms with van der Waals surface area (Å²) in [7, 11) is 1.51. The number of hydrogen-bond donors (Lipinski definition) is 2. The molecule has 1 unspecified atom stereocenters. The molecule has 1 heterocycles. The second kappa shape index (κ2) is 7.52. The van der Waals surface area contributed by atoms with Crippen LogP contribution in [0.25, 0.3) is 0 Å². The van der Waals surface area contributed by atoms with Gasteiger partial charge in [0.25, 0.3) is 0 Å². The third kappa shape index (κ3) is 4.53. The lowest BCUT2D eigenvalue weighted by atomic mass is 10.4. The van der Waals surface area contributed by atoms with E-state index in [1.54, 1.807) is 0 Å². The van der Waals surface area contributed by atoms with Crippen LogP contribution in [0.15, 0.2) is 0 Å². The fraction of sp³-hybridized carbons (Fsp3) is 0.800. The fourth-order valence-corrected chi connectivity index (χ4v) is 2.65. The molecule has 1 aliphatic rings. The molecular formula is C10H19N3O3S. The van der Waals surface area contributed by atoms with Crippen molar-refractivity contribution in [2.75, 3.05) is 32.6 Å². The molecule has 0 aromatic heterocycles. The first-order valence-electron chi connectivity index (χ1n) is 5.57. The standard InChI is InChI=1S/C10H19N3O3S/c1-16-6-8(10(15)12-11)17-7-9(14)13-4-2-3-5-13/h8H,2-7,11H2,1H3,(H,12,15). The first-order chi connectivity index (χ1) is 8.19. The van der Waals surface area contributed by atoms with Crippen molar-refractivity contribution in [1.29, 1.82) is 0 Å². The lowest BCUT2D eigenvalue weighted by molar-refractivity contribution is -0.127. The molecule has 98 valence electrons. The van der Waals surface area contributed by atoms with E-state index in [0.717, 1.165) is 25.9 Å². The van der Waals surface area contributed by atoms with E-state index in [1.807, 2.05) is 4.90 Å². The lowest BCUT2D eigenvalue weighted by Crippen LogP contribution is -2.40. The number of thioether (sulfide) groups is 1. The van der Waals surface area contributed by atoms with E-state index in [9.17, 15) is 9.59 Å². The highest BCUT2D eigenvalue weighted by molar-refractivity contribution is 8.01. The molecule has 7 heteroatoms. The smallest absolute Gasteiger partial charge is 0.249 e. The van der Waals surface area contributed by atoms with E-state index in [0.29, 0.717) is 5.75 Å². The van der Waals surface area contributed by atoms with Crippen LogP contribution in [0.5, 0.6) is 0 Å². The molecule has 0 saturated carbocycles. The Labute approximate surface area is 105 Å². The molecule has 1 rings (SSSR count). The van der Waals surface area contributed by atoms with Gasteiger partial charge in [-0.25, -0.2) is 5.84 Å². The van der Waals surface area contributed by atoms with Crippen LogP contribution >= 0.6 is 11.8 Å². The number of hydrazine groups is 1. The van der Waals surface area contributed by atoms with Gasteiger partial charge in [0.05, 0.1) is 12.4 Å². The number of nitrogens with zero attached hydrogens (tertiary/aromatic N) is 1. The van der Waals surface area contributed by atoms with Crippen LogP contribution in [0.1, 0.15) is 12.8 Å². The monoisotopic (exact) mass is 261 g/mol. The van der Waals surface area contributed by atoms with E-state index in [2.05, 4.69) is 5.43 Å². The first-order valence-corrected chi connectivity index (χ1v) is 6.62. The van der Waals surface area contributed by atoms with Gasteiger partial charge in [0.15, 0.2) is 0 Å². The fourth-order valence-electron chi connectivity index (χ4n) is 1.67. The van der Waals surface area contributed by atoms with E-state index in [-0.39, 0.29) is 18.4 Å². The molecule has 0 bridgehead atoms. The molecule has 6 nitrogen and oxygen atoms in total. The Morgan fingerprint density at radius 3 is 2.65 bits per heavy atom. The Morgan fingerprint density at radius 2 is 2.12 bits per heavy atom. The third-order valence-corrected chi connectivity index (χ3v) is 3.79. The van der Waals surface area contributed by atoms with Crippen LogP contribution in [0.4, 0.5) is 0 Å². The number of nitrogens with one attached hydrogen (secondary N) is 1. The summed E-state index contributed by atoms with van der Waals surface area (Å²) < 4.78 is 4.92. The number of likely N-dealkylation sites (tertiary alicyclic amines) is 1. The molecule has 1 saturated heterocycles. The van der Waals surface area contributed by atoms with Crippen molar-refractivity contribution in [2.24, 2.45) is 5.84 Å². The van der Waals surface area contributed by atoms with Gasteiger partial charge >= 0.3 is 0 Å². The van der Waals surface area contributed by atoms with Crippen molar-refractivity contribution in [3.63, 3.8) is 0 Å². The van der Waals surface area contributed by atoms with Gasteiger partial charge in [-0.1, -0.05) is 0 Å². The molecule has 2 amide bonds. The minimum Gasteiger partial charge on any atom is -0.383 e. The van der Waals surface area contributed by atoms with Gasteiger partial charge in [-0.3, -0.25) is 15.0 Å². The average Bonchev–Trinajstić information content (AvgIpc) is 2.86. The van der Waals surface area contributed by atoms with E-state index < -0.39 is 5.25 Å². The van der Waals surface area contributed by atoms with Crippen molar-refractivity contribution < 1.29 is 14.3 Å². The highest BCUT2D eigenvalue weighted by Crippen LogP contribution is 2.15. The average molecular weight is 261 g/mol. The zero-order valence-corrected chi connectivity index (χ0v) is 10.8. The molecule has 0 aliphatic carbocycles. The molecule has 0 aromatic rings. The molecular weight excluding hydrogens is 242 g/mol. The van der Waals surface area contributed by atoms with Gasteiger partial charge in [0, 0.05) is 20.2 Å². The Kier molecular flexibility index (Phi) is 6.31. The summed E-state index contributed by atoms with van der Waals surface area (Å²) >= 11 is 1.27. The van der Waals surface area contributed by atoms with Crippen LogP contribution in [0, 0.1) is 0 Å². The summed E-state index contributed by atoms with van der Waals surface area (Å²) in [5.74, 6) is 5.13. The normalized spacial score (nSPS) is 16.9. The summed E-state index contributed by atoms with van der Waals surface area (Å²) in [6.07, 6.45) is 2.14. The Hall–Kier alpha value is -0.790. The van der Waals surface area contributed by atoms with E-state index >= 15 is 0 Å². The SMILES string of the molecule is COCC(SCC(=O)N1CCCC1)C(=O)NN. The predicted octanol–water partition coefficient (Wildman–Crippen LogP) is -0.653. The number of carbonyl (C=O) groups is 2. The van der Waals surface area contributed by atoms with Crippen molar-refractivity contribution in [1.82, 2.24) is 10.3 Å². The van der Waals surface area contributed by atoms with Crippen LogP contribution in [0.3, 0.4) is 0 Å². The largest absolute Gasteiger partial charge is 0.383 e. The minimum atomic E-state index is -0.434. The highest BCUT2D eigenvalue weighted by atomic mass is 32.2. The molecule has 1 aliphatic heterocycles. The lowest BCUT2D eigenvalue weighted by Gasteiger charge is -2.17. The number of hydrogen-bond acceptors (Lipinski definition) is 5. The van der Waals surface area contributed by atoms with Crippen LogP contribution in [-0.4, -0.2) is 54.5 Å². The number of nitrogens with two attached hydrogens (primary N) is 1. The molecule has 0 aromatic carbocycles. The molecule has 0 spiro atoms. The number of amides is 2. The van der Waals surface area contributed by atoms with Gasteiger partial charge in [0.2, 0.25) is 11.8 Å². The summed E-state index contributed by atoms with van der Waals surface area (Å²) in [5.41, 5.74) is 2.08. The maximum Gasteiger partial charge on any atom is 0.249 e. The van der Waals surface area contributed by atoms with Crippen molar-refractivity contribution in [3.8, 4) is 0 Å². The number of methoxy groups -OCH3 is 1. The van der Waals surface area contributed by atoms with Crippen molar-refractivity contribution >= 4 is 23.6 Å². The second-order valence-electron chi connectivity index (χ2n) is 3.85. The summed E-state index contributed by atoms with van der Waals surface area (Å²) in [4.78, 5) is 25.0. The van der Waals surface area contributed by atoms with E-state index in [4.69, 9.17) is 10.6 Å². The molecule has 3 N–H and O–H groups in total. The van der Waals surface area contributed by atoms with Crippen molar-refractivity contribution in [3.05, 3.63) is 0 Å². The molecule has 0 radical (unpaired) electrons. The topological polar surface area (TPSA) is 84.7 Å². The van der Waals surface area contributed by atoms with Crippen molar-refractivity contribution in [2.45, 2.75) is 18.1 Å². The van der Waals surface area contributed by atoms with Crippen LogP contribution in [0.2, 0.25) is 0 Å². The van der Waals surface area contributed by atoms with Crippen LogP contribution < -0.4 is 11.3 Å². The predicted molar refractivity (Wildman–Crippen MR) is 66.3 cm³/mol. The first kappa shape index (κ1) is 14.3. The summed E-state index contributed by atoms with van der Waals surface area (Å²) in [5, 5.41) is -0.434. The Morgan fingerprint density at radius 1 is 1.47 bits per heavy atom. The summed E-state index contributed by atoms with van der Waals surface area (Å²) in [6, 6.07) is 0.